The van der Waals surface area contributed by atoms with Crippen molar-refractivity contribution < 1.29 is 19.8 Å². The van der Waals surface area contributed by atoms with Gasteiger partial charge in [-0.2, -0.15) is 0 Å². The van der Waals surface area contributed by atoms with Crippen LogP contribution in [0.15, 0.2) is 18.5 Å². The van der Waals surface area contributed by atoms with E-state index in [4.69, 9.17) is 21.8 Å². The quantitative estimate of drug-likeness (QED) is 0.814. The van der Waals surface area contributed by atoms with E-state index in [1.165, 1.54) is 18.5 Å². The van der Waals surface area contributed by atoms with Gasteiger partial charge in [-0.3, -0.25) is 14.6 Å². The molecule has 0 spiro atoms. The van der Waals surface area contributed by atoms with Crippen molar-refractivity contribution in [1.29, 1.82) is 0 Å². The first-order valence-electron chi connectivity index (χ1n) is 4.06. The topological polar surface area (TPSA) is 87.5 Å². The fourth-order valence-corrected chi connectivity index (χ4v) is 1.42. The Labute approximate surface area is 90.3 Å². The highest BCUT2D eigenvalue weighted by molar-refractivity contribution is 6.31. The molecule has 15 heavy (non-hydrogen) atoms. The molecule has 1 rings (SSSR count). The Morgan fingerprint density at radius 2 is 2.13 bits per heavy atom. The number of aromatic nitrogens is 1. The summed E-state index contributed by atoms with van der Waals surface area (Å²) in [5, 5.41) is 17.6. The van der Waals surface area contributed by atoms with Gasteiger partial charge in [-0.15, -0.1) is 0 Å². The van der Waals surface area contributed by atoms with Crippen molar-refractivity contribution >= 4 is 23.5 Å². The molecule has 2 N–H and O–H groups in total. The lowest BCUT2D eigenvalue weighted by Gasteiger charge is -2.11. The van der Waals surface area contributed by atoms with Gasteiger partial charge in [0.1, 0.15) is 0 Å². The maximum Gasteiger partial charge on any atom is 0.311 e. The maximum atomic E-state index is 10.8. The second-order valence-corrected chi connectivity index (χ2v) is 3.29. The summed E-state index contributed by atoms with van der Waals surface area (Å²) in [7, 11) is 0. The van der Waals surface area contributed by atoms with Crippen molar-refractivity contribution in [2.24, 2.45) is 0 Å². The van der Waals surface area contributed by atoms with Crippen molar-refractivity contribution in [3.8, 4) is 0 Å². The Morgan fingerprint density at radius 1 is 1.47 bits per heavy atom. The predicted molar refractivity (Wildman–Crippen MR) is 51.9 cm³/mol. The van der Waals surface area contributed by atoms with E-state index in [0.717, 1.165) is 0 Å². The lowest BCUT2D eigenvalue weighted by Crippen LogP contribution is -2.16. The SMILES string of the molecule is O=C(O)CC(C(=O)O)c1ccncc1Cl. The lowest BCUT2D eigenvalue weighted by molar-refractivity contribution is -0.145. The summed E-state index contributed by atoms with van der Waals surface area (Å²) < 4.78 is 0. The molecule has 6 heteroatoms. The summed E-state index contributed by atoms with van der Waals surface area (Å²) in [5.74, 6) is -3.54. The molecule has 1 unspecified atom stereocenters. The van der Waals surface area contributed by atoms with Crippen LogP contribution in [-0.2, 0) is 9.59 Å². The Bertz CT molecular complexity index is 393. The van der Waals surface area contributed by atoms with Gasteiger partial charge in [0.25, 0.3) is 0 Å². The van der Waals surface area contributed by atoms with Crippen LogP contribution in [0.1, 0.15) is 17.9 Å². The number of nitrogens with zero attached hydrogens (tertiary/aromatic N) is 1. The Balaban J connectivity index is 3.04. The van der Waals surface area contributed by atoms with Gasteiger partial charge in [0.05, 0.1) is 17.4 Å². The van der Waals surface area contributed by atoms with Crippen molar-refractivity contribution in [3.63, 3.8) is 0 Å². The Hall–Kier alpha value is -1.62. The number of pyridine rings is 1. The number of carboxylic acids is 2. The van der Waals surface area contributed by atoms with Gasteiger partial charge in [0.15, 0.2) is 0 Å². The minimum atomic E-state index is -1.22. The molecule has 0 aliphatic carbocycles. The molecule has 0 aliphatic heterocycles. The highest BCUT2D eigenvalue weighted by Crippen LogP contribution is 2.26. The van der Waals surface area contributed by atoms with Crippen molar-refractivity contribution in [3.05, 3.63) is 29.0 Å². The van der Waals surface area contributed by atoms with E-state index in [0.29, 0.717) is 0 Å². The molecule has 1 atom stereocenters. The fourth-order valence-electron chi connectivity index (χ4n) is 1.17. The van der Waals surface area contributed by atoms with Crippen LogP contribution in [-0.4, -0.2) is 27.1 Å². The van der Waals surface area contributed by atoms with E-state index in [9.17, 15) is 9.59 Å². The first-order chi connectivity index (χ1) is 7.02. The lowest BCUT2D eigenvalue weighted by atomic mass is 9.97. The summed E-state index contributed by atoms with van der Waals surface area (Å²) in [4.78, 5) is 25.0. The third kappa shape index (κ3) is 2.92. The summed E-state index contributed by atoms with van der Waals surface area (Å²) in [6.07, 6.45) is 2.16. The molecule has 80 valence electrons. The molecule has 0 aliphatic rings. The smallest absolute Gasteiger partial charge is 0.311 e. The third-order valence-corrected chi connectivity index (χ3v) is 2.17. The molecule has 0 saturated carbocycles. The van der Waals surface area contributed by atoms with Gasteiger partial charge < -0.3 is 10.2 Å². The molecule has 0 bridgehead atoms. The number of carbonyl (C=O) groups is 2. The monoisotopic (exact) mass is 229 g/mol. The minimum Gasteiger partial charge on any atom is -0.481 e. The molecular weight excluding hydrogens is 222 g/mol. The zero-order chi connectivity index (χ0) is 11.4. The van der Waals surface area contributed by atoms with Gasteiger partial charge in [0.2, 0.25) is 0 Å². The van der Waals surface area contributed by atoms with Gasteiger partial charge in [0, 0.05) is 12.4 Å². The molecule has 0 radical (unpaired) electrons. The first-order valence-corrected chi connectivity index (χ1v) is 4.44. The third-order valence-electron chi connectivity index (χ3n) is 1.86. The zero-order valence-electron chi connectivity index (χ0n) is 7.55. The Kier molecular flexibility index (Phi) is 3.62. The summed E-state index contributed by atoms with van der Waals surface area (Å²) in [5.41, 5.74) is 0.265. The standard InChI is InChI=1S/C9H8ClNO4/c10-7-4-11-2-1-5(7)6(9(14)15)3-8(12)13/h1-2,4,6H,3H2,(H,12,13)(H,14,15). The average molecular weight is 230 g/mol. The largest absolute Gasteiger partial charge is 0.481 e. The van der Waals surface area contributed by atoms with Crippen LogP contribution in [0.2, 0.25) is 5.02 Å². The van der Waals surface area contributed by atoms with E-state index in [-0.39, 0.29) is 10.6 Å². The van der Waals surface area contributed by atoms with E-state index in [1.54, 1.807) is 0 Å². The predicted octanol–water partition coefficient (Wildman–Crippen LogP) is 1.38. The number of hydrogen-bond donors (Lipinski definition) is 2. The van der Waals surface area contributed by atoms with Crippen LogP contribution in [0.25, 0.3) is 0 Å². The Morgan fingerprint density at radius 3 is 2.60 bits per heavy atom. The molecule has 1 heterocycles. The molecule has 1 aromatic heterocycles. The van der Waals surface area contributed by atoms with Crippen LogP contribution in [0.4, 0.5) is 0 Å². The van der Waals surface area contributed by atoms with Gasteiger partial charge in [-0.25, -0.2) is 0 Å². The summed E-state index contributed by atoms with van der Waals surface area (Å²) in [6, 6.07) is 1.41. The van der Waals surface area contributed by atoms with E-state index >= 15 is 0 Å². The maximum absolute atomic E-state index is 10.8. The average Bonchev–Trinajstić information content (AvgIpc) is 2.15. The van der Waals surface area contributed by atoms with Gasteiger partial charge in [-0.05, 0) is 11.6 Å². The van der Waals surface area contributed by atoms with Gasteiger partial charge >= 0.3 is 11.9 Å². The van der Waals surface area contributed by atoms with E-state index in [2.05, 4.69) is 4.98 Å². The van der Waals surface area contributed by atoms with Crippen molar-refractivity contribution in [2.75, 3.05) is 0 Å². The van der Waals surface area contributed by atoms with Gasteiger partial charge in [-0.1, -0.05) is 11.6 Å². The first kappa shape index (κ1) is 11.5. The van der Waals surface area contributed by atoms with Crippen LogP contribution in [0, 0.1) is 0 Å². The van der Waals surface area contributed by atoms with Crippen molar-refractivity contribution in [1.82, 2.24) is 4.98 Å². The minimum absolute atomic E-state index is 0.158. The highest BCUT2D eigenvalue weighted by atomic mass is 35.5. The fraction of sp³-hybridized carbons (Fsp3) is 0.222. The second-order valence-electron chi connectivity index (χ2n) is 2.89. The molecule has 5 nitrogen and oxygen atoms in total. The number of halogens is 1. The molecular formula is C9H8ClNO4. The second kappa shape index (κ2) is 4.75. The number of carboxylic acid groups (broad SMARTS) is 2. The molecule has 1 aromatic rings. The van der Waals surface area contributed by atoms with E-state index < -0.39 is 24.3 Å². The zero-order valence-corrected chi connectivity index (χ0v) is 8.31. The van der Waals surface area contributed by atoms with E-state index in [1.807, 2.05) is 0 Å². The summed E-state index contributed by atoms with van der Waals surface area (Å²) >= 11 is 5.73. The van der Waals surface area contributed by atoms with Crippen LogP contribution >= 0.6 is 11.6 Å². The summed E-state index contributed by atoms with van der Waals surface area (Å²) in [6.45, 7) is 0. The molecule has 0 fully saturated rings. The molecule has 0 saturated heterocycles. The number of hydrogen-bond acceptors (Lipinski definition) is 3. The van der Waals surface area contributed by atoms with Crippen LogP contribution < -0.4 is 0 Å². The molecule has 0 aromatic carbocycles. The van der Waals surface area contributed by atoms with Crippen LogP contribution in [0.3, 0.4) is 0 Å². The normalized spacial score (nSPS) is 12.1. The van der Waals surface area contributed by atoms with Crippen LogP contribution in [0.5, 0.6) is 0 Å². The number of aliphatic carboxylic acids is 2. The van der Waals surface area contributed by atoms with Crippen molar-refractivity contribution in [2.45, 2.75) is 12.3 Å². The number of rotatable bonds is 4. The highest BCUT2D eigenvalue weighted by Gasteiger charge is 2.24. The molecule has 0 amide bonds.